The molecule has 3 fully saturated rings. The molecule has 290 valence electrons. The highest BCUT2D eigenvalue weighted by Crippen LogP contribution is 2.40. The lowest BCUT2D eigenvalue weighted by molar-refractivity contribution is -0.135. The molecule has 16 nitrogen and oxygen atoms in total. The number of aryl methyl sites for hydroxylation is 1. The van der Waals surface area contributed by atoms with E-state index in [-0.39, 0.29) is 54.6 Å². The molecular formula is C36H38FN7O9S2. The molecule has 0 radical (unpaired) electrons. The Morgan fingerprint density at radius 2 is 1.71 bits per heavy atom. The third-order valence-corrected chi connectivity index (χ3v) is 14.3. The van der Waals surface area contributed by atoms with Gasteiger partial charge in [0, 0.05) is 38.5 Å². The summed E-state index contributed by atoms with van der Waals surface area (Å²) < 4.78 is 74.1. The van der Waals surface area contributed by atoms with Gasteiger partial charge in [-0.1, -0.05) is 24.3 Å². The van der Waals surface area contributed by atoms with E-state index in [2.05, 4.69) is 10.2 Å². The maximum absolute atomic E-state index is 15.8. The zero-order chi connectivity index (χ0) is 39.0. The van der Waals surface area contributed by atoms with Gasteiger partial charge in [0.05, 0.1) is 16.8 Å². The number of rotatable bonds is 8. The summed E-state index contributed by atoms with van der Waals surface area (Å²) in [7, 11) is -6.38. The van der Waals surface area contributed by atoms with Crippen molar-refractivity contribution in [3.8, 4) is 5.75 Å². The van der Waals surface area contributed by atoms with Gasteiger partial charge in [-0.25, -0.2) is 26.6 Å². The predicted molar refractivity (Wildman–Crippen MR) is 200 cm³/mol. The fourth-order valence-electron chi connectivity index (χ4n) is 8.09. The summed E-state index contributed by atoms with van der Waals surface area (Å²) in [6, 6.07) is 11.0. The molecule has 4 aliphatic rings. The molecule has 0 spiro atoms. The molecule has 3 saturated heterocycles. The maximum Gasteiger partial charge on any atom is 0.329 e. The summed E-state index contributed by atoms with van der Waals surface area (Å²) in [4.78, 5) is 51.3. The van der Waals surface area contributed by atoms with E-state index in [0.717, 1.165) is 18.4 Å². The number of halogens is 1. The van der Waals surface area contributed by atoms with Crippen molar-refractivity contribution in [3.05, 3.63) is 76.0 Å². The number of likely N-dealkylation sites (tertiary alicyclic amines) is 1. The third-order valence-electron chi connectivity index (χ3n) is 11.1. The zero-order valence-corrected chi connectivity index (χ0v) is 31.3. The van der Waals surface area contributed by atoms with E-state index < -0.39 is 61.9 Å². The number of benzene rings is 3. The fourth-order valence-corrected chi connectivity index (χ4v) is 10.6. The SMILES string of the molecule is Cn1c(=O)n(C2CCC(=O)NC2=O)c2ccc(C3CCN(CCS(=O)(=O)N4CC=C(c5ccc6cc(O)c(N7CC(=O)NS7(=O)=O)c(F)c6c5)C4)CC3)cc21. The van der Waals surface area contributed by atoms with Crippen molar-refractivity contribution in [2.24, 2.45) is 7.05 Å². The van der Waals surface area contributed by atoms with Gasteiger partial charge in [-0.2, -0.15) is 12.7 Å². The van der Waals surface area contributed by atoms with E-state index in [9.17, 15) is 41.1 Å². The van der Waals surface area contributed by atoms with Gasteiger partial charge in [-0.3, -0.25) is 28.8 Å². The number of fused-ring (bicyclic) bond motifs is 2. The van der Waals surface area contributed by atoms with Crippen molar-refractivity contribution in [2.45, 2.75) is 37.6 Å². The molecule has 5 heterocycles. The number of carbonyl (C=O) groups is 3. The quantitative estimate of drug-likeness (QED) is 0.219. The number of aromatic nitrogens is 2. The van der Waals surface area contributed by atoms with Crippen molar-refractivity contribution in [3.63, 3.8) is 0 Å². The minimum Gasteiger partial charge on any atom is -0.506 e. The van der Waals surface area contributed by atoms with Gasteiger partial charge in [0.2, 0.25) is 21.8 Å². The molecule has 0 aliphatic carbocycles. The summed E-state index contributed by atoms with van der Waals surface area (Å²) in [6.45, 7) is 1.22. The summed E-state index contributed by atoms with van der Waals surface area (Å²) >= 11 is 0. The van der Waals surface area contributed by atoms with Crippen LogP contribution in [0.2, 0.25) is 0 Å². The number of aromatic hydroxyl groups is 1. The molecule has 0 saturated carbocycles. The largest absolute Gasteiger partial charge is 0.506 e. The highest BCUT2D eigenvalue weighted by atomic mass is 32.2. The average molecular weight is 796 g/mol. The van der Waals surface area contributed by atoms with Crippen LogP contribution >= 0.6 is 0 Å². The number of sulfonamides is 1. The Bertz CT molecular complexity index is 2630. The molecule has 3 N–H and O–H groups in total. The standard InChI is InChI=1S/C36H38FN7O9S2/c1-40-29-17-23(4-5-27(29)44(36(40)49)28-6-7-31(46)38-35(28)48)21-8-11-41(12-9-21)14-15-54(50,51)42-13-10-25(19-42)22-2-3-24-18-30(45)34(33(37)26(24)16-22)43-20-32(47)39-55(43,52)53/h2-5,10,16-18,21,28,45H,6-9,11-15,19-20H2,1H3,(H,39,47)(H,38,46,48). The van der Waals surface area contributed by atoms with E-state index in [1.54, 1.807) is 30.0 Å². The molecule has 19 heteroatoms. The van der Waals surface area contributed by atoms with Crippen LogP contribution in [-0.4, -0.2) is 103 Å². The Morgan fingerprint density at radius 3 is 2.42 bits per heavy atom. The normalized spacial score (nSPS) is 21.4. The number of phenols is 1. The Morgan fingerprint density at radius 1 is 0.945 bits per heavy atom. The molecule has 4 aliphatic heterocycles. The first kappa shape index (κ1) is 36.8. The summed E-state index contributed by atoms with van der Waals surface area (Å²) in [5.74, 6) is -3.26. The molecule has 1 aromatic heterocycles. The highest BCUT2D eigenvalue weighted by molar-refractivity contribution is 7.92. The van der Waals surface area contributed by atoms with Crippen molar-refractivity contribution >= 4 is 71.0 Å². The van der Waals surface area contributed by atoms with E-state index >= 15 is 4.39 Å². The highest BCUT2D eigenvalue weighted by Gasteiger charge is 2.38. The van der Waals surface area contributed by atoms with Crippen molar-refractivity contribution in [1.29, 1.82) is 0 Å². The van der Waals surface area contributed by atoms with E-state index in [0.29, 0.717) is 51.5 Å². The van der Waals surface area contributed by atoms with Crippen LogP contribution in [-0.2, 0) is 41.7 Å². The third kappa shape index (κ3) is 6.57. The van der Waals surface area contributed by atoms with Crippen molar-refractivity contribution in [1.82, 2.24) is 28.4 Å². The molecule has 1 atom stereocenters. The average Bonchev–Trinajstić information content (AvgIpc) is 3.82. The second-order valence-corrected chi connectivity index (χ2v) is 18.1. The van der Waals surface area contributed by atoms with Crippen LogP contribution in [0.4, 0.5) is 10.1 Å². The number of piperidine rings is 2. The number of phenolic OH excluding ortho intramolecular Hbond substituents is 1. The number of carbonyl (C=O) groups excluding carboxylic acids is 3. The van der Waals surface area contributed by atoms with E-state index in [1.165, 1.54) is 25.6 Å². The number of amides is 3. The van der Waals surface area contributed by atoms with Gasteiger partial charge in [0.1, 0.15) is 24.0 Å². The second-order valence-electron chi connectivity index (χ2n) is 14.4. The van der Waals surface area contributed by atoms with E-state index in [1.807, 2.05) is 18.2 Å². The molecule has 1 unspecified atom stereocenters. The topological polar surface area (TPSA) is 200 Å². The number of nitrogens with one attached hydrogen (secondary N) is 2. The monoisotopic (exact) mass is 795 g/mol. The summed E-state index contributed by atoms with van der Waals surface area (Å²) in [5, 5.41) is 13.1. The number of imidazole rings is 1. The lowest BCUT2D eigenvalue weighted by Crippen LogP contribution is -2.44. The molecule has 3 aromatic carbocycles. The molecule has 4 aromatic rings. The number of anilines is 1. The smallest absolute Gasteiger partial charge is 0.329 e. The number of nitrogens with zero attached hydrogens (tertiary/aromatic N) is 5. The predicted octanol–water partition coefficient (Wildman–Crippen LogP) is 1.41. The zero-order valence-electron chi connectivity index (χ0n) is 29.7. The van der Waals surface area contributed by atoms with Gasteiger partial charge in [-0.15, -0.1) is 0 Å². The van der Waals surface area contributed by atoms with Crippen LogP contribution in [0.15, 0.2) is 53.3 Å². The van der Waals surface area contributed by atoms with Gasteiger partial charge in [0.15, 0.2) is 5.82 Å². The molecule has 8 rings (SSSR count). The first-order valence-electron chi connectivity index (χ1n) is 17.8. The molecular weight excluding hydrogens is 758 g/mol. The van der Waals surface area contributed by atoms with Crippen molar-refractivity contribution < 1.29 is 40.7 Å². The van der Waals surface area contributed by atoms with Gasteiger partial charge in [-0.05, 0) is 84.6 Å². The second kappa shape index (κ2) is 13.6. The van der Waals surface area contributed by atoms with Crippen LogP contribution in [0, 0.1) is 5.82 Å². The van der Waals surface area contributed by atoms with Crippen LogP contribution in [0.25, 0.3) is 27.4 Å². The molecule has 3 amide bonds. The number of hydrogen-bond donors (Lipinski definition) is 3. The summed E-state index contributed by atoms with van der Waals surface area (Å²) in [6.07, 6.45) is 3.75. The molecule has 0 bridgehead atoms. The number of imide groups is 1. The summed E-state index contributed by atoms with van der Waals surface area (Å²) in [5.41, 5.74) is 2.59. The lowest BCUT2D eigenvalue weighted by Gasteiger charge is -2.32. The van der Waals surface area contributed by atoms with Crippen LogP contribution < -0.4 is 20.0 Å². The van der Waals surface area contributed by atoms with Crippen LogP contribution in [0.3, 0.4) is 0 Å². The fraction of sp³-hybridized carbons (Fsp3) is 0.389. The van der Waals surface area contributed by atoms with Gasteiger partial charge >= 0.3 is 15.9 Å². The Balaban J connectivity index is 0.892. The Hall–Kier alpha value is -5.11. The van der Waals surface area contributed by atoms with Crippen LogP contribution in [0.5, 0.6) is 5.75 Å². The molecule has 55 heavy (non-hydrogen) atoms. The number of hydrogen-bond acceptors (Lipinski definition) is 10. The lowest BCUT2D eigenvalue weighted by atomic mass is 9.89. The first-order chi connectivity index (χ1) is 26.1. The first-order valence-corrected chi connectivity index (χ1v) is 20.9. The minimum absolute atomic E-state index is 0.0000507. The Kier molecular flexibility index (Phi) is 9.09. The van der Waals surface area contributed by atoms with Gasteiger partial charge < -0.3 is 10.0 Å². The minimum atomic E-state index is -4.38. The van der Waals surface area contributed by atoms with Crippen LogP contribution in [0.1, 0.15) is 48.8 Å². The van der Waals surface area contributed by atoms with E-state index in [4.69, 9.17) is 0 Å². The maximum atomic E-state index is 15.8. The van der Waals surface area contributed by atoms with Crippen molar-refractivity contribution in [2.75, 3.05) is 49.3 Å². The Labute approximate surface area is 315 Å². The van der Waals surface area contributed by atoms with Gasteiger partial charge in [0.25, 0.3) is 5.91 Å².